The number of carbonyl (C=O) groups is 4. The Morgan fingerprint density at radius 3 is 1.85 bits per heavy atom. The maximum absolute atomic E-state index is 12.2. The van der Waals surface area contributed by atoms with Crippen LogP contribution in [-0.2, 0) is 44.7 Å². The van der Waals surface area contributed by atoms with E-state index in [1.807, 2.05) is 55.5 Å². The first-order valence-corrected chi connectivity index (χ1v) is 21.9. The predicted octanol–water partition coefficient (Wildman–Crippen LogP) is 8.64. The Morgan fingerprint density at radius 1 is 0.726 bits per heavy atom. The summed E-state index contributed by atoms with van der Waals surface area (Å²) in [7, 11) is 4.90. The van der Waals surface area contributed by atoms with Gasteiger partial charge < -0.3 is 44.7 Å². The van der Waals surface area contributed by atoms with E-state index < -0.39 is 5.97 Å². The second kappa shape index (κ2) is 20.3. The molecule has 9 rings (SSSR count). The van der Waals surface area contributed by atoms with Crippen molar-refractivity contribution in [1.29, 1.82) is 0 Å². The number of ether oxygens (including phenoxy) is 3. The van der Waals surface area contributed by atoms with E-state index in [0.717, 1.165) is 83.7 Å². The van der Waals surface area contributed by atoms with Gasteiger partial charge in [-0.15, -0.1) is 0 Å². The molecule has 3 aromatic carbocycles. The van der Waals surface area contributed by atoms with Gasteiger partial charge in [-0.1, -0.05) is 0 Å². The number of H-pyrrole nitrogens is 3. The minimum atomic E-state index is -0.456. The molecule has 1 unspecified atom stereocenters. The number of nitrogens with zero attached hydrogens (tertiary/aromatic N) is 1. The Bertz CT molecular complexity index is 2580. The molecule has 0 radical (unpaired) electrons. The van der Waals surface area contributed by atoms with Crippen LogP contribution < -0.4 is 10.6 Å². The Balaban J connectivity index is 0.000000333. The third kappa shape index (κ3) is 10.4. The van der Waals surface area contributed by atoms with E-state index in [1.54, 1.807) is 27.3 Å². The van der Waals surface area contributed by atoms with E-state index in [2.05, 4.69) is 32.5 Å². The fourth-order valence-electron chi connectivity index (χ4n) is 8.51. The SMILES string of the molecule is CN(C)C(=O)COC(=O)c1ccc2[nH]c3c(c2c1)CCCC3.COCCNC(=O)c1ccc2[nH]c3c(c2c1)CCCC3.Cc1[nH]c2ccc(C(=O)NCC3CCCO3)cc2c1C.[HH].[HH].[HH].[HH].[HH]. The highest BCUT2D eigenvalue weighted by Crippen LogP contribution is 2.31. The molecule has 0 spiro atoms. The average Bonchev–Trinajstić information content (AvgIpc) is 4.09. The fraction of sp³-hybridized carbons (Fsp3) is 0.429. The fourth-order valence-corrected chi connectivity index (χ4v) is 8.51. The summed E-state index contributed by atoms with van der Waals surface area (Å²) in [4.78, 5) is 59.5. The predicted molar refractivity (Wildman–Crippen MR) is 253 cm³/mol. The number of rotatable bonds is 10. The van der Waals surface area contributed by atoms with E-state index in [4.69, 9.17) is 14.2 Å². The number of fused-ring (bicyclic) bond motifs is 7. The summed E-state index contributed by atoms with van der Waals surface area (Å²) in [6.07, 6.45) is 11.6. The van der Waals surface area contributed by atoms with Crippen molar-refractivity contribution < 1.29 is 40.5 Å². The summed E-state index contributed by atoms with van der Waals surface area (Å²) in [6, 6.07) is 17.2. The first-order valence-electron chi connectivity index (χ1n) is 21.9. The van der Waals surface area contributed by atoms with E-state index in [-0.39, 0.29) is 37.6 Å². The molecule has 1 atom stereocenters. The number of nitrogens with one attached hydrogen (secondary N) is 5. The second-order valence-electron chi connectivity index (χ2n) is 16.7. The number of methoxy groups -OCH3 is 1. The molecule has 4 heterocycles. The van der Waals surface area contributed by atoms with Crippen molar-refractivity contribution in [3.63, 3.8) is 0 Å². The quantitative estimate of drug-likeness (QED) is 0.0678. The Labute approximate surface area is 370 Å². The molecular weight excluding hydrogens is 785 g/mol. The van der Waals surface area contributed by atoms with Gasteiger partial charge in [-0.05, 0) is 149 Å². The number of aromatic amines is 3. The van der Waals surface area contributed by atoms with Gasteiger partial charge in [0, 0.05) is 109 Å². The van der Waals surface area contributed by atoms with Crippen molar-refractivity contribution in [3.05, 3.63) is 105 Å². The van der Waals surface area contributed by atoms with Crippen LogP contribution in [0.1, 0.15) is 111 Å². The average molecular weight is 855 g/mol. The van der Waals surface area contributed by atoms with Crippen molar-refractivity contribution in [3.8, 4) is 0 Å². The van der Waals surface area contributed by atoms with Gasteiger partial charge >= 0.3 is 5.97 Å². The lowest BCUT2D eigenvalue weighted by Crippen LogP contribution is -2.31. The minimum Gasteiger partial charge on any atom is -0.452 e. The zero-order valence-corrected chi connectivity index (χ0v) is 36.7. The Hall–Kier alpha value is -5.92. The van der Waals surface area contributed by atoms with Crippen molar-refractivity contribution in [2.75, 3.05) is 54.1 Å². The van der Waals surface area contributed by atoms with Crippen LogP contribution in [-0.4, -0.2) is 104 Å². The van der Waals surface area contributed by atoms with Crippen LogP contribution >= 0.6 is 0 Å². The largest absolute Gasteiger partial charge is 0.452 e. The summed E-state index contributed by atoms with van der Waals surface area (Å²) in [5.74, 6) is -0.744. The standard InChI is InChI=1S/C17H20N2O3.2C16H20N2O2.5H2/c1-19(2)16(20)10-22-17(21)11-7-8-15-13(9-11)12-5-3-4-6-14(12)18-15;1-10-11(2)18-15-6-5-12(8-14(10)15)16(19)17-9-13-4-3-7-20-13;1-20-9-8-17-16(19)11-6-7-15-13(10-11)12-4-2-3-5-14(12)18-15;;;;;/h7-9,18H,3-6,10H2,1-2H3;5-6,8,13,18H,3-4,7,9H2,1-2H3,(H,17,19);6-7,10,18H,2-5,8-9H2,1H3,(H,17,19);5*1H. The lowest BCUT2D eigenvalue weighted by molar-refractivity contribution is -0.131. The molecule has 3 aliphatic rings. The molecule has 0 bridgehead atoms. The highest BCUT2D eigenvalue weighted by molar-refractivity contribution is 6.00. The normalized spacial score (nSPS) is 15.5. The second-order valence-corrected chi connectivity index (χ2v) is 16.7. The number of carbonyl (C=O) groups excluding carboxylic acids is 4. The highest BCUT2D eigenvalue weighted by Gasteiger charge is 2.20. The van der Waals surface area contributed by atoms with E-state index in [1.165, 1.54) is 64.0 Å². The van der Waals surface area contributed by atoms with Gasteiger partial charge in [-0.2, -0.15) is 0 Å². The maximum atomic E-state index is 12.2. The van der Waals surface area contributed by atoms with Gasteiger partial charge in [0.05, 0.1) is 18.3 Å². The van der Waals surface area contributed by atoms with Crippen molar-refractivity contribution in [2.45, 2.75) is 84.2 Å². The summed E-state index contributed by atoms with van der Waals surface area (Å²) in [5, 5.41) is 9.25. The van der Waals surface area contributed by atoms with Gasteiger partial charge in [-0.3, -0.25) is 14.4 Å². The number of hydrogen-bond donors (Lipinski definition) is 5. The molecule has 62 heavy (non-hydrogen) atoms. The molecule has 13 nitrogen and oxygen atoms in total. The number of aryl methyl sites for hydroxylation is 6. The summed E-state index contributed by atoms with van der Waals surface area (Å²) in [6.45, 7) is 6.38. The molecule has 3 aromatic heterocycles. The summed E-state index contributed by atoms with van der Waals surface area (Å²) >= 11 is 0. The molecule has 338 valence electrons. The van der Waals surface area contributed by atoms with Gasteiger partial charge in [0.2, 0.25) is 0 Å². The number of hydrogen-bond acceptors (Lipinski definition) is 7. The van der Waals surface area contributed by atoms with Crippen LogP contribution in [0.15, 0.2) is 54.6 Å². The number of amides is 3. The molecule has 13 heteroatoms. The number of benzene rings is 3. The van der Waals surface area contributed by atoms with Gasteiger partial charge in [-0.25, -0.2) is 4.79 Å². The minimum absolute atomic E-state index is 0. The molecule has 6 aromatic rings. The zero-order valence-electron chi connectivity index (χ0n) is 36.7. The first kappa shape index (κ1) is 44.1. The zero-order chi connectivity index (χ0) is 43.8. The molecule has 5 N–H and O–H groups in total. The van der Waals surface area contributed by atoms with Gasteiger partial charge in [0.25, 0.3) is 17.7 Å². The first-order chi connectivity index (χ1) is 30.0. The molecule has 2 aliphatic carbocycles. The molecule has 1 aliphatic heterocycles. The highest BCUT2D eigenvalue weighted by atomic mass is 16.5. The monoisotopic (exact) mass is 855 g/mol. The lowest BCUT2D eigenvalue weighted by atomic mass is 9.95. The van der Waals surface area contributed by atoms with Gasteiger partial charge in [0.1, 0.15) is 0 Å². The lowest BCUT2D eigenvalue weighted by Gasteiger charge is -2.11. The van der Waals surface area contributed by atoms with Crippen LogP contribution in [0.25, 0.3) is 32.7 Å². The molecular formula is C49H70N6O7. The third-order valence-corrected chi connectivity index (χ3v) is 12.2. The van der Waals surface area contributed by atoms with E-state index in [9.17, 15) is 19.2 Å². The Kier molecular flexibility index (Phi) is 14.5. The van der Waals surface area contributed by atoms with Gasteiger partial charge in [0.15, 0.2) is 6.61 Å². The number of esters is 1. The van der Waals surface area contributed by atoms with Crippen LogP contribution in [0.3, 0.4) is 0 Å². The van der Waals surface area contributed by atoms with Crippen LogP contribution in [0.2, 0.25) is 0 Å². The molecule has 1 saturated heterocycles. The van der Waals surface area contributed by atoms with Crippen LogP contribution in [0.5, 0.6) is 0 Å². The molecule has 3 amide bonds. The van der Waals surface area contributed by atoms with Crippen molar-refractivity contribution in [1.82, 2.24) is 30.5 Å². The maximum Gasteiger partial charge on any atom is 0.338 e. The summed E-state index contributed by atoms with van der Waals surface area (Å²) in [5.41, 5.74) is 12.9. The topological polar surface area (TPSA) is 171 Å². The van der Waals surface area contributed by atoms with Crippen molar-refractivity contribution >= 4 is 56.4 Å². The summed E-state index contributed by atoms with van der Waals surface area (Å²) < 4.78 is 15.5. The van der Waals surface area contributed by atoms with Crippen LogP contribution in [0, 0.1) is 13.8 Å². The van der Waals surface area contributed by atoms with Crippen LogP contribution in [0.4, 0.5) is 0 Å². The molecule has 1 fully saturated rings. The smallest absolute Gasteiger partial charge is 0.338 e. The third-order valence-electron chi connectivity index (χ3n) is 12.2. The Morgan fingerprint density at radius 2 is 1.27 bits per heavy atom. The van der Waals surface area contributed by atoms with E-state index >= 15 is 0 Å². The van der Waals surface area contributed by atoms with E-state index in [0.29, 0.717) is 30.8 Å². The van der Waals surface area contributed by atoms with Crippen molar-refractivity contribution in [2.24, 2.45) is 0 Å². The number of likely N-dealkylation sites (N-methyl/N-ethyl adjacent to an activating group) is 1. The number of aromatic nitrogens is 3. The molecule has 0 saturated carbocycles.